The summed E-state index contributed by atoms with van der Waals surface area (Å²) in [5.41, 5.74) is 0.394. The molecular formula is C13H17F2NO2. The molecule has 3 nitrogen and oxygen atoms in total. The van der Waals surface area contributed by atoms with Gasteiger partial charge in [-0.3, -0.25) is 4.79 Å². The van der Waals surface area contributed by atoms with E-state index in [1.165, 1.54) is 6.07 Å². The molecule has 0 bridgehead atoms. The molecule has 0 heterocycles. The number of amides is 1. The summed E-state index contributed by atoms with van der Waals surface area (Å²) in [7, 11) is 0. The second-order valence-electron chi connectivity index (χ2n) is 4.54. The number of hydrogen-bond acceptors (Lipinski definition) is 2. The van der Waals surface area contributed by atoms with Crippen LogP contribution in [0.4, 0.5) is 8.78 Å². The quantitative estimate of drug-likeness (QED) is 0.842. The number of hydrogen-bond donors (Lipinski definition) is 2. The van der Waals surface area contributed by atoms with Crippen molar-refractivity contribution >= 4 is 5.91 Å². The van der Waals surface area contributed by atoms with Crippen LogP contribution in [0.1, 0.15) is 19.4 Å². The smallest absolute Gasteiger partial charge is 0.224 e. The van der Waals surface area contributed by atoms with Crippen LogP contribution in [0, 0.1) is 17.6 Å². The summed E-state index contributed by atoms with van der Waals surface area (Å²) in [5, 5.41) is 12.0. The lowest BCUT2D eigenvalue weighted by Crippen LogP contribution is -2.35. The van der Waals surface area contributed by atoms with Crippen molar-refractivity contribution in [3.63, 3.8) is 0 Å². The molecule has 1 atom stereocenters. The first-order chi connectivity index (χ1) is 8.40. The van der Waals surface area contributed by atoms with Gasteiger partial charge in [-0.2, -0.15) is 0 Å². The van der Waals surface area contributed by atoms with Gasteiger partial charge in [-0.05, 0) is 23.6 Å². The molecule has 0 saturated heterocycles. The summed E-state index contributed by atoms with van der Waals surface area (Å²) in [6.07, 6.45) is -0.652. The molecule has 100 valence electrons. The van der Waals surface area contributed by atoms with Crippen LogP contribution < -0.4 is 5.32 Å². The van der Waals surface area contributed by atoms with E-state index in [0.29, 0.717) is 5.56 Å². The predicted molar refractivity (Wildman–Crippen MR) is 63.9 cm³/mol. The van der Waals surface area contributed by atoms with Gasteiger partial charge in [0.2, 0.25) is 5.91 Å². The van der Waals surface area contributed by atoms with E-state index in [9.17, 15) is 18.7 Å². The van der Waals surface area contributed by atoms with Gasteiger partial charge < -0.3 is 10.4 Å². The van der Waals surface area contributed by atoms with Crippen molar-refractivity contribution in [1.29, 1.82) is 0 Å². The zero-order valence-corrected chi connectivity index (χ0v) is 10.4. The third kappa shape index (κ3) is 4.41. The van der Waals surface area contributed by atoms with Gasteiger partial charge >= 0.3 is 0 Å². The standard InChI is InChI=1S/C13H17F2NO2/c1-8(2)12(17)7-16-13(18)6-9-3-4-10(14)11(15)5-9/h3-5,8,12,17H,6-7H2,1-2H3,(H,16,18). The van der Waals surface area contributed by atoms with Crippen LogP contribution in [-0.2, 0) is 11.2 Å². The van der Waals surface area contributed by atoms with E-state index < -0.39 is 17.7 Å². The molecule has 1 aromatic rings. The number of carbonyl (C=O) groups is 1. The number of nitrogens with one attached hydrogen (secondary N) is 1. The minimum absolute atomic E-state index is 0.0397. The fraction of sp³-hybridized carbons (Fsp3) is 0.462. The lowest BCUT2D eigenvalue weighted by molar-refractivity contribution is -0.121. The number of rotatable bonds is 5. The maximum atomic E-state index is 12.9. The van der Waals surface area contributed by atoms with Gasteiger partial charge in [-0.15, -0.1) is 0 Å². The van der Waals surface area contributed by atoms with E-state index in [4.69, 9.17) is 0 Å². The minimum Gasteiger partial charge on any atom is -0.391 e. The van der Waals surface area contributed by atoms with Gasteiger partial charge in [0, 0.05) is 6.54 Å². The Hall–Kier alpha value is -1.49. The fourth-order valence-corrected chi connectivity index (χ4v) is 1.35. The Labute approximate surface area is 105 Å². The zero-order chi connectivity index (χ0) is 13.7. The van der Waals surface area contributed by atoms with Crippen molar-refractivity contribution in [2.45, 2.75) is 26.4 Å². The zero-order valence-electron chi connectivity index (χ0n) is 10.4. The molecule has 0 aliphatic heterocycles. The van der Waals surface area contributed by atoms with Crippen LogP contribution in [0.15, 0.2) is 18.2 Å². The van der Waals surface area contributed by atoms with E-state index in [0.717, 1.165) is 12.1 Å². The van der Waals surface area contributed by atoms with E-state index in [2.05, 4.69) is 5.32 Å². The second-order valence-corrected chi connectivity index (χ2v) is 4.54. The summed E-state index contributed by atoms with van der Waals surface area (Å²) in [6, 6.07) is 3.34. The fourth-order valence-electron chi connectivity index (χ4n) is 1.35. The van der Waals surface area contributed by atoms with Gasteiger partial charge in [0.1, 0.15) is 0 Å². The molecule has 1 unspecified atom stereocenters. The molecule has 1 amide bonds. The van der Waals surface area contributed by atoms with Crippen LogP contribution in [0.25, 0.3) is 0 Å². The molecule has 0 aliphatic carbocycles. The van der Waals surface area contributed by atoms with Crippen molar-refractivity contribution in [2.75, 3.05) is 6.54 Å². The SMILES string of the molecule is CC(C)C(O)CNC(=O)Cc1ccc(F)c(F)c1. The van der Waals surface area contributed by atoms with E-state index in [1.54, 1.807) is 0 Å². The van der Waals surface area contributed by atoms with Gasteiger partial charge in [0.15, 0.2) is 11.6 Å². The summed E-state index contributed by atoms with van der Waals surface area (Å²) in [6.45, 7) is 3.83. The molecular weight excluding hydrogens is 240 g/mol. The molecule has 0 radical (unpaired) electrons. The highest BCUT2D eigenvalue weighted by Crippen LogP contribution is 2.09. The van der Waals surface area contributed by atoms with Gasteiger partial charge in [0.25, 0.3) is 0 Å². The van der Waals surface area contributed by atoms with Crippen LogP contribution in [0.2, 0.25) is 0 Å². The van der Waals surface area contributed by atoms with E-state index in [-0.39, 0.29) is 24.8 Å². The maximum absolute atomic E-state index is 12.9. The molecule has 1 rings (SSSR count). The average Bonchev–Trinajstić information content (AvgIpc) is 2.30. The lowest BCUT2D eigenvalue weighted by atomic mass is 10.1. The molecule has 2 N–H and O–H groups in total. The first-order valence-corrected chi connectivity index (χ1v) is 5.79. The molecule has 0 aliphatic rings. The van der Waals surface area contributed by atoms with Gasteiger partial charge in [-0.1, -0.05) is 19.9 Å². The van der Waals surface area contributed by atoms with E-state index in [1.807, 2.05) is 13.8 Å². The van der Waals surface area contributed by atoms with Crippen LogP contribution in [0.3, 0.4) is 0 Å². The number of aliphatic hydroxyl groups excluding tert-OH is 1. The average molecular weight is 257 g/mol. The van der Waals surface area contributed by atoms with Crippen molar-refractivity contribution in [1.82, 2.24) is 5.32 Å². The highest BCUT2D eigenvalue weighted by molar-refractivity contribution is 5.78. The monoisotopic (exact) mass is 257 g/mol. The third-order valence-corrected chi connectivity index (χ3v) is 2.63. The molecule has 0 fully saturated rings. The van der Waals surface area contributed by atoms with Crippen molar-refractivity contribution in [3.8, 4) is 0 Å². The molecule has 1 aromatic carbocycles. The Morgan fingerprint density at radius 1 is 1.33 bits per heavy atom. The number of halogens is 2. The van der Waals surface area contributed by atoms with Gasteiger partial charge in [0.05, 0.1) is 12.5 Å². The minimum atomic E-state index is -0.970. The molecule has 0 aromatic heterocycles. The van der Waals surface area contributed by atoms with Crippen molar-refractivity contribution in [2.24, 2.45) is 5.92 Å². The topological polar surface area (TPSA) is 49.3 Å². The lowest BCUT2D eigenvalue weighted by Gasteiger charge is -2.15. The molecule has 0 saturated carbocycles. The predicted octanol–water partition coefficient (Wildman–Crippen LogP) is 1.64. The Kier molecular flexibility index (Phi) is 5.22. The number of carbonyl (C=O) groups excluding carboxylic acids is 1. The highest BCUT2D eigenvalue weighted by Gasteiger charge is 2.11. The Balaban J connectivity index is 2.47. The molecule has 18 heavy (non-hydrogen) atoms. The summed E-state index contributed by atoms with van der Waals surface area (Å²) in [4.78, 5) is 11.5. The van der Waals surface area contributed by atoms with Crippen LogP contribution in [-0.4, -0.2) is 23.7 Å². The summed E-state index contributed by atoms with van der Waals surface area (Å²) < 4.78 is 25.6. The van der Waals surface area contributed by atoms with E-state index >= 15 is 0 Å². The Bertz CT molecular complexity index is 421. The first-order valence-electron chi connectivity index (χ1n) is 5.79. The van der Waals surface area contributed by atoms with Crippen molar-refractivity contribution in [3.05, 3.63) is 35.4 Å². The number of benzene rings is 1. The largest absolute Gasteiger partial charge is 0.391 e. The second kappa shape index (κ2) is 6.44. The Morgan fingerprint density at radius 3 is 2.56 bits per heavy atom. The van der Waals surface area contributed by atoms with Crippen LogP contribution >= 0.6 is 0 Å². The molecule has 5 heteroatoms. The van der Waals surface area contributed by atoms with Gasteiger partial charge in [-0.25, -0.2) is 8.78 Å². The Morgan fingerprint density at radius 2 is 2.00 bits per heavy atom. The highest BCUT2D eigenvalue weighted by atomic mass is 19.2. The normalized spacial score (nSPS) is 12.6. The first kappa shape index (κ1) is 14.6. The maximum Gasteiger partial charge on any atom is 0.224 e. The molecule has 0 spiro atoms. The number of aliphatic hydroxyl groups is 1. The summed E-state index contributed by atoms with van der Waals surface area (Å²) >= 11 is 0. The van der Waals surface area contributed by atoms with Crippen molar-refractivity contribution < 1.29 is 18.7 Å². The van der Waals surface area contributed by atoms with Crippen LogP contribution in [0.5, 0.6) is 0 Å². The third-order valence-electron chi connectivity index (χ3n) is 2.63. The summed E-state index contributed by atoms with van der Waals surface area (Å²) in [5.74, 6) is -2.19.